The molecule has 6 nitrogen and oxygen atoms in total. The lowest BCUT2D eigenvalue weighted by Gasteiger charge is -2.26. The van der Waals surface area contributed by atoms with E-state index in [2.05, 4.69) is 16.1 Å². The summed E-state index contributed by atoms with van der Waals surface area (Å²) in [6.45, 7) is 5.64. The van der Waals surface area contributed by atoms with Crippen molar-refractivity contribution in [1.82, 2.24) is 0 Å². The van der Waals surface area contributed by atoms with Crippen LogP contribution in [-0.2, 0) is 28.6 Å². The third kappa shape index (κ3) is 3.93. The van der Waals surface area contributed by atoms with E-state index >= 15 is 0 Å². The molecule has 1 aliphatic rings. The first kappa shape index (κ1) is 16.9. The first-order valence-corrected chi connectivity index (χ1v) is 6.69. The summed E-state index contributed by atoms with van der Waals surface area (Å²) in [6, 6.07) is 0. The van der Waals surface area contributed by atoms with Crippen molar-refractivity contribution in [1.29, 1.82) is 0 Å². The molecule has 0 N–H and O–H groups in total. The zero-order valence-electron chi connectivity index (χ0n) is 12.6. The second kappa shape index (κ2) is 7.06. The molecule has 0 fully saturated rings. The Kier molecular flexibility index (Phi) is 5.69. The van der Waals surface area contributed by atoms with Gasteiger partial charge in [-0.25, -0.2) is 14.4 Å². The number of esters is 3. The van der Waals surface area contributed by atoms with Gasteiger partial charge in [-0.3, -0.25) is 0 Å². The number of ether oxygens (including phenoxy) is 3. The molecule has 0 saturated carbocycles. The lowest BCUT2D eigenvalue weighted by Crippen LogP contribution is -2.30. The summed E-state index contributed by atoms with van der Waals surface area (Å²) in [4.78, 5) is 34.9. The number of cyclic esters (lactones) is 1. The van der Waals surface area contributed by atoms with Crippen molar-refractivity contribution >= 4 is 17.9 Å². The van der Waals surface area contributed by atoms with Gasteiger partial charge in [-0.1, -0.05) is 19.9 Å². The molecule has 1 unspecified atom stereocenters. The van der Waals surface area contributed by atoms with Crippen molar-refractivity contribution in [2.75, 3.05) is 14.2 Å². The Labute approximate surface area is 123 Å². The second-order valence-corrected chi connectivity index (χ2v) is 4.88. The highest BCUT2D eigenvalue weighted by molar-refractivity contribution is 6.15. The van der Waals surface area contributed by atoms with Crippen molar-refractivity contribution in [2.45, 2.75) is 38.2 Å². The Morgan fingerprint density at radius 1 is 1.33 bits per heavy atom. The van der Waals surface area contributed by atoms with Crippen LogP contribution in [0, 0.1) is 0 Å². The van der Waals surface area contributed by atoms with Gasteiger partial charge in [0.1, 0.15) is 11.2 Å². The molecule has 0 aromatic rings. The molecule has 1 rings (SSSR count). The minimum atomic E-state index is -1.04. The van der Waals surface area contributed by atoms with Crippen LogP contribution in [0.2, 0.25) is 0 Å². The van der Waals surface area contributed by atoms with Gasteiger partial charge in [0.2, 0.25) is 0 Å². The van der Waals surface area contributed by atoms with Gasteiger partial charge in [0.05, 0.1) is 14.2 Å². The minimum absolute atomic E-state index is 0.0892. The molecule has 0 radical (unpaired) electrons. The molecule has 1 atom stereocenters. The van der Waals surface area contributed by atoms with E-state index < -0.39 is 23.5 Å². The standard InChI is InChI=1S/C15H20O6/c1-5-6-7-15(8-10(2)12(16)19-3)9-11(13(17)20-4)14(18)21-15/h9H,2,5-8H2,1,3-4H3. The average Bonchev–Trinajstić information content (AvgIpc) is 2.80. The third-order valence-corrected chi connectivity index (χ3v) is 3.27. The van der Waals surface area contributed by atoms with Crippen molar-refractivity contribution < 1.29 is 28.6 Å². The Bertz CT molecular complexity index is 490. The predicted octanol–water partition coefficient (Wildman–Crippen LogP) is 1.69. The lowest BCUT2D eigenvalue weighted by atomic mass is 9.89. The molecule has 0 aliphatic carbocycles. The predicted molar refractivity (Wildman–Crippen MR) is 74.2 cm³/mol. The van der Waals surface area contributed by atoms with Crippen LogP contribution in [0.1, 0.15) is 32.6 Å². The van der Waals surface area contributed by atoms with Gasteiger partial charge >= 0.3 is 17.9 Å². The van der Waals surface area contributed by atoms with Gasteiger partial charge in [0.25, 0.3) is 0 Å². The highest BCUT2D eigenvalue weighted by Crippen LogP contribution is 2.35. The number of hydrogen-bond donors (Lipinski definition) is 0. The summed E-state index contributed by atoms with van der Waals surface area (Å²) in [5.41, 5.74) is -1.00. The van der Waals surface area contributed by atoms with Crippen LogP contribution in [0.5, 0.6) is 0 Å². The Balaban J connectivity index is 3.03. The van der Waals surface area contributed by atoms with Crippen molar-refractivity contribution in [2.24, 2.45) is 0 Å². The van der Waals surface area contributed by atoms with Crippen LogP contribution >= 0.6 is 0 Å². The summed E-state index contributed by atoms with van der Waals surface area (Å²) in [5, 5.41) is 0. The number of carbonyl (C=O) groups is 3. The minimum Gasteiger partial charge on any atom is -0.466 e. The van der Waals surface area contributed by atoms with E-state index in [0.717, 1.165) is 12.8 Å². The molecular formula is C15H20O6. The van der Waals surface area contributed by atoms with Crippen LogP contribution in [0.25, 0.3) is 0 Å². The number of carbonyl (C=O) groups excluding carboxylic acids is 3. The Hall–Kier alpha value is -2.11. The van der Waals surface area contributed by atoms with Gasteiger partial charge in [0.15, 0.2) is 0 Å². The van der Waals surface area contributed by atoms with Crippen LogP contribution in [0.15, 0.2) is 23.8 Å². The molecule has 1 aliphatic heterocycles. The molecule has 0 aromatic carbocycles. The smallest absolute Gasteiger partial charge is 0.346 e. The highest BCUT2D eigenvalue weighted by atomic mass is 16.6. The van der Waals surface area contributed by atoms with E-state index in [1.807, 2.05) is 6.92 Å². The van der Waals surface area contributed by atoms with Crippen LogP contribution in [0.3, 0.4) is 0 Å². The molecule has 1 heterocycles. The largest absolute Gasteiger partial charge is 0.466 e. The maximum atomic E-state index is 11.8. The first-order valence-electron chi connectivity index (χ1n) is 6.69. The third-order valence-electron chi connectivity index (χ3n) is 3.27. The monoisotopic (exact) mass is 296 g/mol. The van der Waals surface area contributed by atoms with Gasteiger partial charge < -0.3 is 14.2 Å². The second-order valence-electron chi connectivity index (χ2n) is 4.88. The maximum Gasteiger partial charge on any atom is 0.346 e. The zero-order chi connectivity index (χ0) is 16.0. The molecule has 21 heavy (non-hydrogen) atoms. The summed E-state index contributed by atoms with van der Waals surface area (Å²) < 4.78 is 14.5. The van der Waals surface area contributed by atoms with Crippen molar-refractivity contribution in [3.63, 3.8) is 0 Å². The number of methoxy groups -OCH3 is 2. The first-order chi connectivity index (χ1) is 9.89. The van der Waals surface area contributed by atoms with E-state index in [0.29, 0.717) is 6.42 Å². The van der Waals surface area contributed by atoms with Crippen LogP contribution < -0.4 is 0 Å². The van der Waals surface area contributed by atoms with E-state index in [9.17, 15) is 14.4 Å². The van der Waals surface area contributed by atoms with Gasteiger partial charge in [-0.15, -0.1) is 0 Å². The van der Waals surface area contributed by atoms with Crippen LogP contribution in [0.4, 0.5) is 0 Å². The van der Waals surface area contributed by atoms with Crippen molar-refractivity contribution in [3.8, 4) is 0 Å². The van der Waals surface area contributed by atoms with Gasteiger partial charge in [-0.05, 0) is 18.9 Å². The van der Waals surface area contributed by atoms with Crippen LogP contribution in [-0.4, -0.2) is 37.7 Å². The van der Waals surface area contributed by atoms with Crippen molar-refractivity contribution in [3.05, 3.63) is 23.8 Å². The number of unbranched alkanes of at least 4 members (excludes halogenated alkanes) is 1. The molecule has 116 valence electrons. The average molecular weight is 296 g/mol. The van der Waals surface area contributed by atoms with Gasteiger partial charge in [-0.2, -0.15) is 0 Å². The molecule has 0 saturated heterocycles. The molecule has 0 bridgehead atoms. The number of hydrogen-bond acceptors (Lipinski definition) is 6. The topological polar surface area (TPSA) is 78.9 Å². The molecule has 0 aromatic heterocycles. The molecule has 0 spiro atoms. The molecular weight excluding hydrogens is 276 g/mol. The Morgan fingerprint density at radius 3 is 2.52 bits per heavy atom. The normalized spacial score (nSPS) is 20.5. The van der Waals surface area contributed by atoms with E-state index in [1.165, 1.54) is 20.3 Å². The SMILES string of the molecule is C=C(CC1(CCCC)C=C(C(=O)OC)C(=O)O1)C(=O)OC. The quantitative estimate of drug-likeness (QED) is 0.308. The zero-order valence-corrected chi connectivity index (χ0v) is 12.6. The summed E-state index contributed by atoms with van der Waals surface area (Å²) >= 11 is 0. The van der Waals surface area contributed by atoms with E-state index in [1.54, 1.807) is 0 Å². The number of rotatable bonds is 7. The van der Waals surface area contributed by atoms with E-state index in [-0.39, 0.29) is 17.6 Å². The summed E-state index contributed by atoms with van der Waals surface area (Å²) in [5.74, 6) is -2.06. The van der Waals surface area contributed by atoms with Gasteiger partial charge in [0, 0.05) is 12.0 Å². The van der Waals surface area contributed by atoms with E-state index in [4.69, 9.17) is 4.74 Å². The summed E-state index contributed by atoms with van der Waals surface area (Å²) in [6.07, 6.45) is 3.67. The highest BCUT2D eigenvalue weighted by Gasteiger charge is 2.43. The Morgan fingerprint density at radius 2 is 2.00 bits per heavy atom. The summed E-state index contributed by atoms with van der Waals surface area (Å²) in [7, 11) is 2.44. The maximum absolute atomic E-state index is 11.8. The molecule has 0 amide bonds. The fourth-order valence-corrected chi connectivity index (χ4v) is 2.20. The molecule has 6 heteroatoms. The lowest BCUT2D eigenvalue weighted by molar-refractivity contribution is -0.151. The fourth-order valence-electron chi connectivity index (χ4n) is 2.20. The fraction of sp³-hybridized carbons (Fsp3) is 0.533.